The van der Waals surface area contributed by atoms with Crippen LogP contribution in [0.2, 0.25) is 0 Å². The van der Waals surface area contributed by atoms with Crippen molar-refractivity contribution in [1.29, 1.82) is 0 Å². The number of alkyl carbamates (subject to hydrolysis) is 2. The molecule has 0 heterocycles. The van der Waals surface area contributed by atoms with E-state index in [9.17, 15) is 14.4 Å². The molecule has 0 saturated heterocycles. The lowest BCUT2D eigenvalue weighted by molar-refractivity contribution is -0.109. The fourth-order valence-corrected chi connectivity index (χ4v) is 2.00. The van der Waals surface area contributed by atoms with Crippen LogP contribution >= 0.6 is 11.8 Å². The monoisotopic (exact) mass is 348 g/mol. The maximum Gasteiger partial charge on any atom is 0.407 e. The van der Waals surface area contributed by atoms with Crippen LogP contribution < -0.4 is 10.6 Å². The number of nitrogens with one attached hydrogen (secondary N) is 2. The fraction of sp³-hybridized carbons (Fsp3) is 0.800. The highest BCUT2D eigenvalue weighted by molar-refractivity contribution is 8.13. The summed E-state index contributed by atoms with van der Waals surface area (Å²) in [5, 5.41) is 5.15. The maximum absolute atomic E-state index is 11.8. The van der Waals surface area contributed by atoms with E-state index < -0.39 is 29.4 Å². The molecule has 2 amide bonds. The SMILES string of the molecule is CC(=O)SC[C@H](CNC(=O)OC(C)(C)C)NC(=O)OC(C)(C)C. The van der Waals surface area contributed by atoms with Gasteiger partial charge in [-0.3, -0.25) is 4.79 Å². The quantitative estimate of drug-likeness (QED) is 0.793. The number of carbonyl (C=O) groups is 3. The summed E-state index contributed by atoms with van der Waals surface area (Å²) >= 11 is 1.06. The maximum atomic E-state index is 11.8. The van der Waals surface area contributed by atoms with Crippen molar-refractivity contribution in [2.45, 2.75) is 65.7 Å². The van der Waals surface area contributed by atoms with E-state index in [2.05, 4.69) is 10.6 Å². The van der Waals surface area contributed by atoms with Crippen LogP contribution in [-0.4, -0.2) is 46.8 Å². The molecule has 0 aliphatic heterocycles. The summed E-state index contributed by atoms with van der Waals surface area (Å²) in [4.78, 5) is 34.6. The van der Waals surface area contributed by atoms with Crippen LogP contribution in [0.4, 0.5) is 9.59 Å². The Morgan fingerprint density at radius 3 is 1.87 bits per heavy atom. The van der Waals surface area contributed by atoms with Gasteiger partial charge in [-0.15, -0.1) is 0 Å². The highest BCUT2D eigenvalue weighted by Gasteiger charge is 2.22. The van der Waals surface area contributed by atoms with Gasteiger partial charge in [-0.25, -0.2) is 9.59 Å². The lowest BCUT2D eigenvalue weighted by Gasteiger charge is -2.24. The van der Waals surface area contributed by atoms with Crippen molar-refractivity contribution in [3.8, 4) is 0 Å². The van der Waals surface area contributed by atoms with Crippen molar-refractivity contribution in [3.63, 3.8) is 0 Å². The van der Waals surface area contributed by atoms with E-state index in [0.29, 0.717) is 5.75 Å². The van der Waals surface area contributed by atoms with Gasteiger partial charge < -0.3 is 20.1 Å². The van der Waals surface area contributed by atoms with Crippen LogP contribution in [0.1, 0.15) is 48.5 Å². The second kappa shape index (κ2) is 9.00. The van der Waals surface area contributed by atoms with Crippen LogP contribution in [0.5, 0.6) is 0 Å². The second-order valence-electron chi connectivity index (χ2n) is 7.03. The van der Waals surface area contributed by atoms with E-state index in [4.69, 9.17) is 9.47 Å². The molecule has 0 aromatic heterocycles. The van der Waals surface area contributed by atoms with Crippen molar-refractivity contribution >= 4 is 29.1 Å². The molecule has 0 aliphatic carbocycles. The Morgan fingerprint density at radius 1 is 0.957 bits per heavy atom. The Labute approximate surface area is 142 Å². The molecule has 0 unspecified atom stereocenters. The minimum atomic E-state index is -0.624. The van der Waals surface area contributed by atoms with Gasteiger partial charge >= 0.3 is 12.2 Å². The fourth-order valence-electron chi connectivity index (χ4n) is 1.36. The third kappa shape index (κ3) is 13.9. The Morgan fingerprint density at radius 2 is 1.43 bits per heavy atom. The first-order valence-corrected chi connectivity index (χ1v) is 8.37. The van der Waals surface area contributed by atoms with Crippen molar-refractivity contribution in [2.75, 3.05) is 12.3 Å². The molecule has 23 heavy (non-hydrogen) atoms. The summed E-state index contributed by atoms with van der Waals surface area (Å²) in [6.45, 7) is 12.1. The van der Waals surface area contributed by atoms with Gasteiger partial charge in [-0.1, -0.05) is 11.8 Å². The van der Waals surface area contributed by atoms with E-state index >= 15 is 0 Å². The molecule has 0 rings (SSSR count). The summed E-state index contributed by atoms with van der Waals surface area (Å²) in [6.07, 6.45) is -1.18. The molecule has 1 atom stereocenters. The van der Waals surface area contributed by atoms with Gasteiger partial charge in [0, 0.05) is 19.2 Å². The van der Waals surface area contributed by atoms with E-state index in [-0.39, 0.29) is 11.7 Å². The van der Waals surface area contributed by atoms with Crippen LogP contribution in [0.3, 0.4) is 0 Å². The molecular weight excluding hydrogens is 320 g/mol. The average molecular weight is 348 g/mol. The molecule has 0 bridgehead atoms. The Hall–Kier alpha value is -1.44. The van der Waals surface area contributed by atoms with E-state index in [1.165, 1.54) is 6.92 Å². The average Bonchev–Trinajstić information content (AvgIpc) is 2.27. The number of ether oxygens (including phenoxy) is 2. The van der Waals surface area contributed by atoms with Gasteiger partial charge in [-0.2, -0.15) is 0 Å². The molecule has 7 nitrogen and oxygen atoms in total. The van der Waals surface area contributed by atoms with Crippen molar-refractivity contribution in [3.05, 3.63) is 0 Å². The molecule has 0 aromatic carbocycles. The molecule has 0 aromatic rings. The summed E-state index contributed by atoms with van der Waals surface area (Å²) in [5.41, 5.74) is -1.23. The van der Waals surface area contributed by atoms with Crippen molar-refractivity contribution in [1.82, 2.24) is 10.6 Å². The Bertz CT molecular complexity index is 427. The van der Waals surface area contributed by atoms with Crippen LogP contribution in [0.25, 0.3) is 0 Å². The minimum Gasteiger partial charge on any atom is -0.444 e. The minimum absolute atomic E-state index is 0.0711. The summed E-state index contributed by atoms with van der Waals surface area (Å²) in [7, 11) is 0. The Kier molecular flexibility index (Phi) is 8.44. The molecule has 0 radical (unpaired) electrons. The smallest absolute Gasteiger partial charge is 0.407 e. The summed E-state index contributed by atoms with van der Waals surface area (Å²) in [5.74, 6) is 0.324. The lowest BCUT2D eigenvalue weighted by atomic mass is 10.2. The van der Waals surface area contributed by atoms with Gasteiger partial charge in [0.1, 0.15) is 11.2 Å². The van der Waals surface area contributed by atoms with Gasteiger partial charge in [0.15, 0.2) is 5.12 Å². The first-order valence-electron chi connectivity index (χ1n) is 7.38. The second-order valence-corrected chi connectivity index (χ2v) is 8.23. The zero-order valence-electron chi connectivity index (χ0n) is 14.9. The number of carbonyl (C=O) groups excluding carboxylic acids is 3. The number of amides is 2. The van der Waals surface area contributed by atoms with Gasteiger partial charge in [0.05, 0.1) is 6.04 Å². The molecular formula is C15H28N2O5S. The zero-order chi connectivity index (χ0) is 18.3. The number of hydrogen-bond acceptors (Lipinski definition) is 6. The standard InChI is InChI=1S/C15H28N2O5S/c1-10(18)23-9-11(17-13(20)22-15(5,6)7)8-16-12(19)21-14(2,3)4/h11H,8-9H2,1-7H3,(H,16,19)(H,17,20)/t11-/m0/s1. The van der Waals surface area contributed by atoms with Crippen LogP contribution in [-0.2, 0) is 14.3 Å². The first-order chi connectivity index (χ1) is 10.3. The summed E-state index contributed by atoms with van der Waals surface area (Å²) < 4.78 is 10.3. The molecule has 0 saturated carbocycles. The largest absolute Gasteiger partial charge is 0.444 e. The van der Waals surface area contributed by atoms with Crippen molar-refractivity contribution in [2.24, 2.45) is 0 Å². The molecule has 0 aliphatic rings. The van der Waals surface area contributed by atoms with E-state index in [1.54, 1.807) is 41.5 Å². The zero-order valence-corrected chi connectivity index (χ0v) is 15.8. The number of hydrogen-bond donors (Lipinski definition) is 2. The molecule has 2 N–H and O–H groups in total. The highest BCUT2D eigenvalue weighted by atomic mass is 32.2. The highest BCUT2D eigenvalue weighted by Crippen LogP contribution is 2.09. The molecule has 0 fully saturated rings. The van der Waals surface area contributed by atoms with Crippen LogP contribution in [0, 0.1) is 0 Å². The number of rotatable bonds is 5. The predicted octanol–water partition coefficient (Wildman–Crippen LogP) is 2.68. The van der Waals surface area contributed by atoms with Gasteiger partial charge in [-0.05, 0) is 41.5 Å². The van der Waals surface area contributed by atoms with Gasteiger partial charge in [0.2, 0.25) is 0 Å². The third-order valence-corrected chi connectivity index (χ3v) is 3.08. The lowest BCUT2D eigenvalue weighted by Crippen LogP contribution is -2.47. The molecule has 8 heteroatoms. The Balaban J connectivity index is 4.53. The van der Waals surface area contributed by atoms with E-state index in [0.717, 1.165) is 11.8 Å². The first kappa shape index (κ1) is 21.6. The molecule has 0 spiro atoms. The molecule has 134 valence electrons. The normalized spacial score (nSPS) is 13.0. The van der Waals surface area contributed by atoms with E-state index in [1.807, 2.05) is 0 Å². The van der Waals surface area contributed by atoms with Gasteiger partial charge in [0.25, 0.3) is 0 Å². The van der Waals surface area contributed by atoms with Crippen molar-refractivity contribution < 1.29 is 23.9 Å². The number of thioether (sulfide) groups is 1. The predicted molar refractivity (Wildman–Crippen MR) is 90.5 cm³/mol. The summed E-state index contributed by atoms with van der Waals surface area (Å²) in [6, 6.07) is -0.453. The van der Waals surface area contributed by atoms with Crippen LogP contribution in [0.15, 0.2) is 0 Å². The topological polar surface area (TPSA) is 93.7 Å². The third-order valence-electron chi connectivity index (χ3n) is 2.10.